The van der Waals surface area contributed by atoms with Gasteiger partial charge in [0, 0.05) is 11.0 Å². The van der Waals surface area contributed by atoms with Gasteiger partial charge in [0.25, 0.3) is 0 Å². The van der Waals surface area contributed by atoms with Crippen LogP contribution in [-0.2, 0) is 0 Å². The Morgan fingerprint density at radius 2 is 1.55 bits per heavy atom. The minimum Gasteiger partial charge on any atom is -0.488 e. The Labute approximate surface area is 133 Å². The molecule has 0 N–H and O–H groups in total. The van der Waals surface area contributed by atoms with E-state index in [1.807, 2.05) is 71.0 Å². The third kappa shape index (κ3) is 3.68. The van der Waals surface area contributed by atoms with Crippen molar-refractivity contribution in [2.24, 2.45) is 5.41 Å². The molecule has 0 unspecified atom stereocenters. The zero-order chi connectivity index (χ0) is 16.5. The molecule has 2 aromatic carbocycles. The summed E-state index contributed by atoms with van der Waals surface area (Å²) in [6.45, 7) is 12.2. The molecule has 0 aromatic heterocycles. The third-order valence-corrected chi connectivity index (χ3v) is 4.00. The Balaban J connectivity index is 2.37. The molecule has 0 saturated heterocycles. The van der Waals surface area contributed by atoms with Crippen molar-refractivity contribution >= 4 is 16.6 Å². The average molecular weight is 298 g/mol. The number of Topliss-reactive ketones (excluding diaryl/α,β-unsaturated/α-hetero) is 1. The first kappa shape index (κ1) is 16.5. The van der Waals surface area contributed by atoms with Gasteiger partial charge in [-0.1, -0.05) is 39.0 Å². The molecule has 118 valence electrons. The summed E-state index contributed by atoms with van der Waals surface area (Å²) in [5.41, 5.74) is 0.251. The van der Waals surface area contributed by atoms with Crippen molar-refractivity contribution in [2.45, 2.75) is 53.6 Å². The minimum atomic E-state index is -0.317. The fraction of sp³-hybridized carbons (Fsp3) is 0.450. The highest BCUT2D eigenvalue weighted by molar-refractivity contribution is 6.03. The predicted molar refractivity (Wildman–Crippen MR) is 92.7 cm³/mol. The van der Waals surface area contributed by atoms with Crippen LogP contribution in [0.5, 0.6) is 5.75 Å². The Bertz CT molecular complexity index is 690. The SMILES string of the molecule is CCC(C)(C)C(=O)c1ccc2cc(OC(C)(C)C)ccc2c1. The molecule has 0 bridgehead atoms. The van der Waals surface area contributed by atoms with E-state index in [0.717, 1.165) is 28.5 Å². The summed E-state index contributed by atoms with van der Waals surface area (Å²) < 4.78 is 5.89. The average Bonchev–Trinajstić information content (AvgIpc) is 2.44. The van der Waals surface area contributed by atoms with Crippen molar-refractivity contribution in [2.75, 3.05) is 0 Å². The zero-order valence-electron chi connectivity index (χ0n) is 14.5. The van der Waals surface area contributed by atoms with Crippen molar-refractivity contribution in [3.63, 3.8) is 0 Å². The first-order valence-electron chi connectivity index (χ1n) is 7.90. The summed E-state index contributed by atoms with van der Waals surface area (Å²) in [5.74, 6) is 1.06. The molecule has 2 rings (SSSR count). The van der Waals surface area contributed by atoms with Crippen LogP contribution in [0.2, 0.25) is 0 Å². The molecule has 22 heavy (non-hydrogen) atoms. The number of hydrogen-bond donors (Lipinski definition) is 0. The lowest BCUT2D eigenvalue weighted by Gasteiger charge is -2.22. The van der Waals surface area contributed by atoms with E-state index in [4.69, 9.17) is 4.74 Å². The third-order valence-electron chi connectivity index (χ3n) is 4.00. The Morgan fingerprint density at radius 1 is 0.955 bits per heavy atom. The van der Waals surface area contributed by atoms with Gasteiger partial charge in [0.05, 0.1) is 0 Å². The van der Waals surface area contributed by atoms with Crippen molar-refractivity contribution in [3.05, 3.63) is 42.0 Å². The van der Waals surface area contributed by atoms with Gasteiger partial charge in [-0.2, -0.15) is 0 Å². The van der Waals surface area contributed by atoms with Gasteiger partial charge in [-0.25, -0.2) is 0 Å². The number of carbonyl (C=O) groups is 1. The molecule has 0 fully saturated rings. The molecule has 0 atom stereocenters. The quantitative estimate of drug-likeness (QED) is 0.683. The Morgan fingerprint density at radius 3 is 2.14 bits per heavy atom. The molecule has 0 amide bonds. The molecule has 0 aliphatic rings. The first-order valence-corrected chi connectivity index (χ1v) is 7.90. The fourth-order valence-corrected chi connectivity index (χ4v) is 2.33. The molecule has 2 heteroatoms. The van der Waals surface area contributed by atoms with Crippen LogP contribution in [0.1, 0.15) is 58.3 Å². The number of hydrogen-bond acceptors (Lipinski definition) is 2. The van der Waals surface area contributed by atoms with E-state index in [0.29, 0.717) is 0 Å². The molecule has 0 saturated carbocycles. The molecular weight excluding hydrogens is 272 g/mol. The Hall–Kier alpha value is -1.83. The van der Waals surface area contributed by atoms with E-state index >= 15 is 0 Å². The molecule has 0 aliphatic heterocycles. The highest BCUT2D eigenvalue weighted by Crippen LogP contribution is 2.29. The van der Waals surface area contributed by atoms with E-state index in [1.165, 1.54) is 0 Å². The summed E-state index contributed by atoms with van der Waals surface area (Å²) in [7, 11) is 0. The maximum atomic E-state index is 12.6. The molecule has 0 radical (unpaired) electrons. The van der Waals surface area contributed by atoms with Gasteiger partial charge in [-0.05, 0) is 56.2 Å². The number of carbonyl (C=O) groups excluding carboxylic acids is 1. The predicted octanol–water partition coefficient (Wildman–Crippen LogP) is 5.64. The second-order valence-corrected chi connectivity index (χ2v) is 7.50. The van der Waals surface area contributed by atoms with Crippen LogP contribution in [0.3, 0.4) is 0 Å². The summed E-state index contributed by atoms with van der Waals surface area (Å²) in [6, 6.07) is 11.9. The second-order valence-electron chi connectivity index (χ2n) is 7.50. The molecule has 2 aromatic rings. The van der Waals surface area contributed by atoms with Gasteiger partial charge in [0.15, 0.2) is 5.78 Å². The van der Waals surface area contributed by atoms with E-state index < -0.39 is 0 Å². The van der Waals surface area contributed by atoms with Crippen LogP contribution in [0, 0.1) is 5.41 Å². The molecular formula is C20H26O2. The summed E-state index contributed by atoms with van der Waals surface area (Å²) in [5, 5.41) is 2.16. The number of rotatable bonds is 4. The van der Waals surface area contributed by atoms with Gasteiger partial charge >= 0.3 is 0 Å². The monoisotopic (exact) mass is 298 g/mol. The smallest absolute Gasteiger partial charge is 0.168 e. The molecule has 0 spiro atoms. The van der Waals surface area contributed by atoms with E-state index in [-0.39, 0.29) is 16.8 Å². The second kappa shape index (κ2) is 5.75. The number of benzene rings is 2. The van der Waals surface area contributed by atoms with E-state index in [2.05, 4.69) is 6.92 Å². The molecule has 0 aliphatic carbocycles. The standard InChI is InChI=1S/C20H26O2/c1-7-20(5,6)18(21)16-9-8-15-13-17(22-19(2,3)4)11-10-14(15)12-16/h8-13H,7H2,1-6H3. The zero-order valence-corrected chi connectivity index (χ0v) is 14.5. The lowest BCUT2D eigenvalue weighted by molar-refractivity contribution is 0.0833. The summed E-state index contributed by atoms with van der Waals surface area (Å²) >= 11 is 0. The van der Waals surface area contributed by atoms with Crippen LogP contribution < -0.4 is 4.74 Å². The van der Waals surface area contributed by atoms with Gasteiger partial charge < -0.3 is 4.74 Å². The van der Waals surface area contributed by atoms with Gasteiger partial charge in [-0.3, -0.25) is 4.79 Å². The van der Waals surface area contributed by atoms with Crippen molar-refractivity contribution in [1.82, 2.24) is 0 Å². The van der Waals surface area contributed by atoms with Gasteiger partial charge in [0.2, 0.25) is 0 Å². The normalized spacial score (nSPS) is 12.5. The number of ketones is 1. The van der Waals surface area contributed by atoms with Crippen LogP contribution in [-0.4, -0.2) is 11.4 Å². The summed E-state index contributed by atoms with van der Waals surface area (Å²) in [4.78, 5) is 12.6. The minimum absolute atomic E-state index is 0.201. The van der Waals surface area contributed by atoms with Crippen LogP contribution in [0.25, 0.3) is 10.8 Å². The number of ether oxygens (including phenoxy) is 1. The van der Waals surface area contributed by atoms with E-state index in [9.17, 15) is 4.79 Å². The van der Waals surface area contributed by atoms with Gasteiger partial charge in [-0.15, -0.1) is 0 Å². The van der Waals surface area contributed by atoms with Crippen LogP contribution >= 0.6 is 0 Å². The van der Waals surface area contributed by atoms with Crippen LogP contribution in [0.15, 0.2) is 36.4 Å². The van der Waals surface area contributed by atoms with Crippen molar-refractivity contribution < 1.29 is 9.53 Å². The fourth-order valence-electron chi connectivity index (χ4n) is 2.33. The van der Waals surface area contributed by atoms with Crippen molar-refractivity contribution in [1.29, 1.82) is 0 Å². The maximum absolute atomic E-state index is 12.6. The summed E-state index contributed by atoms with van der Waals surface area (Å²) in [6.07, 6.45) is 0.836. The number of fused-ring (bicyclic) bond motifs is 1. The topological polar surface area (TPSA) is 26.3 Å². The van der Waals surface area contributed by atoms with Gasteiger partial charge in [0.1, 0.15) is 11.4 Å². The highest BCUT2D eigenvalue weighted by atomic mass is 16.5. The Kier molecular flexibility index (Phi) is 4.32. The first-order chi connectivity index (χ1) is 10.1. The molecule has 0 heterocycles. The highest BCUT2D eigenvalue weighted by Gasteiger charge is 2.26. The lowest BCUT2D eigenvalue weighted by Crippen LogP contribution is -2.23. The maximum Gasteiger partial charge on any atom is 0.168 e. The van der Waals surface area contributed by atoms with Crippen molar-refractivity contribution in [3.8, 4) is 5.75 Å². The van der Waals surface area contributed by atoms with Crippen LogP contribution in [0.4, 0.5) is 0 Å². The molecule has 2 nitrogen and oxygen atoms in total. The van der Waals surface area contributed by atoms with E-state index in [1.54, 1.807) is 0 Å². The largest absolute Gasteiger partial charge is 0.488 e. The lowest BCUT2D eigenvalue weighted by atomic mass is 9.81.